The molecule has 5 nitrogen and oxygen atoms in total. The summed E-state index contributed by atoms with van der Waals surface area (Å²) in [6.07, 6.45) is -0.761. The predicted molar refractivity (Wildman–Crippen MR) is 86.7 cm³/mol. The highest BCUT2D eigenvalue weighted by Crippen LogP contribution is 2.28. The lowest BCUT2D eigenvalue weighted by atomic mass is 10.3. The molecule has 116 valence electrons. The first kappa shape index (κ1) is 16.5. The lowest BCUT2D eigenvalue weighted by Crippen LogP contribution is -2.31. The largest absolute Gasteiger partial charge is 0.479 e. The van der Waals surface area contributed by atoms with Crippen LogP contribution in [0.25, 0.3) is 0 Å². The average Bonchev–Trinajstić information content (AvgIpc) is 2.40. The molecule has 0 aliphatic carbocycles. The summed E-state index contributed by atoms with van der Waals surface area (Å²) < 4.78 is 5.54. The summed E-state index contributed by atoms with van der Waals surface area (Å²) in [4.78, 5) is 20.4. The van der Waals surface area contributed by atoms with E-state index < -0.39 is 6.10 Å². The van der Waals surface area contributed by atoms with Crippen LogP contribution in [0.5, 0.6) is 5.75 Å². The van der Waals surface area contributed by atoms with Gasteiger partial charge in [0.05, 0.1) is 5.02 Å². The lowest BCUT2D eigenvalue weighted by Gasteiger charge is -2.15. The van der Waals surface area contributed by atoms with Gasteiger partial charge in [-0.25, -0.2) is 9.97 Å². The van der Waals surface area contributed by atoms with Gasteiger partial charge in [-0.1, -0.05) is 23.2 Å². The average molecular weight is 340 g/mol. The topological polar surface area (TPSA) is 64.1 Å². The van der Waals surface area contributed by atoms with E-state index in [4.69, 9.17) is 27.9 Å². The number of carbonyl (C=O) groups is 1. The van der Waals surface area contributed by atoms with Gasteiger partial charge < -0.3 is 4.74 Å². The molecule has 22 heavy (non-hydrogen) atoms. The number of ether oxygens (including phenoxy) is 1. The summed E-state index contributed by atoms with van der Waals surface area (Å²) in [5.41, 5.74) is 1.55. The quantitative estimate of drug-likeness (QED) is 0.919. The van der Waals surface area contributed by atoms with Crippen molar-refractivity contribution >= 4 is 35.1 Å². The van der Waals surface area contributed by atoms with Crippen LogP contribution in [0.3, 0.4) is 0 Å². The van der Waals surface area contributed by atoms with E-state index in [0.29, 0.717) is 15.8 Å². The molecule has 1 heterocycles. The zero-order chi connectivity index (χ0) is 16.3. The minimum atomic E-state index is -0.761. The summed E-state index contributed by atoms with van der Waals surface area (Å²) in [5.74, 6) is 0.270. The first-order valence-electron chi connectivity index (χ1n) is 6.60. The molecule has 0 saturated heterocycles. The van der Waals surface area contributed by atoms with Crippen molar-refractivity contribution < 1.29 is 9.53 Å². The van der Waals surface area contributed by atoms with E-state index in [0.717, 1.165) is 11.4 Å². The molecule has 1 aromatic carbocycles. The number of carbonyl (C=O) groups excluding carboxylic acids is 1. The zero-order valence-electron chi connectivity index (χ0n) is 12.4. The Labute approximate surface area is 138 Å². The Morgan fingerprint density at radius 2 is 1.82 bits per heavy atom. The molecule has 0 fully saturated rings. The summed E-state index contributed by atoms with van der Waals surface area (Å²) in [5, 5.41) is 3.46. The fourth-order valence-corrected chi connectivity index (χ4v) is 2.26. The number of aromatic nitrogens is 2. The monoisotopic (exact) mass is 339 g/mol. The second-order valence-corrected chi connectivity index (χ2v) is 5.64. The summed E-state index contributed by atoms with van der Waals surface area (Å²) >= 11 is 11.8. The molecular weight excluding hydrogens is 325 g/mol. The minimum Gasteiger partial charge on any atom is -0.479 e. The number of hydrogen-bond acceptors (Lipinski definition) is 4. The number of aryl methyl sites for hydroxylation is 2. The number of benzene rings is 1. The van der Waals surface area contributed by atoms with E-state index in [9.17, 15) is 4.79 Å². The van der Waals surface area contributed by atoms with Crippen LogP contribution in [0.15, 0.2) is 24.3 Å². The Bertz CT molecular complexity index is 687. The zero-order valence-corrected chi connectivity index (χ0v) is 13.9. The van der Waals surface area contributed by atoms with Crippen molar-refractivity contribution in [1.29, 1.82) is 0 Å². The highest BCUT2D eigenvalue weighted by atomic mass is 35.5. The molecule has 0 saturated carbocycles. The van der Waals surface area contributed by atoms with Crippen LogP contribution in [0.2, 0.25) is 10.0 Å². The van der Waals surface area contributed by atoms with E-state index in [2.05, 4.69) is 15.3 Å². The molecule has 1 aromatic heterocycles. The van der Waals surface area contributed by atoms with Crippen LogP contribution in [0, 0.1) is 13.8 Å². The molecule has 0 aliphatic heterocycles. The van der Waals surface area contributed by atoms with Gasteiger partial charge in [0.2, 0.25) is 5.95 Å². The minimum absolute atomic E-state index is 0.250. The van der Waals surface area contributed by atoms with E-state index in [1.807, 2.05) is 19.9 Å². The lowest BCUT2D eigenvalue weighted by molar-refractivity contribution is -0.122. The van der Waals surface area contributed by atoms with Crippen molar-refractivity contribution in [2.24, 2.45) is 0 Å². The molecule has 2 rings (SSSR count). The molecule has 7 heteroatoms. The van der Waals surface area contributed by atoms with Crippen LogP contribution in [-0.4, -0.2) is 22.0 Å². The summed E-state index contributed by atoms with van der Waals surface area (Å²) in [7, 11) is 0. The maximum Gasteiger partial charge on any atom is 0.267 e. The number of amides is 1. The third-order valence-corrected chi connectivity index (χ3v) is 3.31. The van der Waals surface area contributed by atoms with Crippen LogP contribution in [0.1, 0.15) is 18.3 Å². The highest BCUT2D eigenvalue weighted by molar-refractivity contribution is 6.35. The number of hydrogen-bond donors (Lipinski definition) is 1. The van der Waals surface area contributed by atoms with Gasteiger partial charge in [-0.3, -0.25) is 10.1 Å². The first-order valence-corrected chi connectivity index (χ1v) is 7.35. The molecule has 1 atom stereocenters. The van der Waals surface area contributed by atoms with Crippen molar-refractivity contribution in [2.45, 2.75) is 26.9 Å². The SMILES string of the molecule is Cc1cc(C)nc(NC(=O)C(C)Oc2ccc(Cl)cc2Cl)n1. The molecule has 1 amide bonds. The van der Waals surface area contributed by atoms with E-state index in [1.165, 1.54) is 0 Å². The number of rotatable bonds is 4. The fraction of sp³-hybridized carbons (Fsp3) is 0.267. The summed E-state index contributed by atoms with van der Waals surface area (Å²) in [6.45, 7) is 5.28. The van der Waals surface area contributed by atoms with Crippen molar-refractivity contribution in [1.82, 2.24) is 9.97 Å². The van der Waals surface area contributed by atoms with Crippen LogP contribution in [-0.2, 0) is 4.79 Å². The molecule has 0 aliphatic rings. The normalized spacial score (nSPS) is 11.9. The Morgan fingerprint density at radius 3 is 2.41 bits per heavy atom. The van der Waals surface area contributed by atoms with Gasteiger partial charge in [0.25, 0.3) is 5.91 Å². The molecule has 0 bridgehead atoms. The Balaban J connectivity index is 2.05. The Kier molecular flexibility index (Phi) is 5.21. The standard InChI is InChI=1S/C15H15Cl2N3O2/c1-8-6-9(2)19-15(18-8)20-14(21)10(3)22-13-5-4-11(16)7-12(13)17/h4-7,10H,1-3H3,(H,18,19,20,21). The molecule has 0 radical (unpaired) electrons. The van der Waals surface area contributed by atoms with Crippen molar-refractivity contribution in [3.8, 4) is 5.75 Å². The summed E-state index contributed by atoms with van der Waals surface area (Å²) in [6, 6.07) is 6.63. The number of nitrogens with zero attached hydrogens (tertiary/aromatic N) is 2. The van der Waals surface area contributed by atoms with E-state index in [-0.39, 0.29) is 11.9 Å². The maximum absolute atomic E-state index is 12.1. The Morgan fingerprint density at radius 1 is 1.18 bits per heavy atom. The number of anilines is 1. The predicted octanol–water partition coefficient (Wildman–Crippen LogP) is 3.81. The second kappa shape index (κ2) is 6.94. The van der Waals surface area contributed by atoms with Gasteiger partial charge in [0, 0.05) is 16.4 Å². The second-order valence-electron chi connectivity index (χ2n) is 4.80. The van der Waals surface area contributed by atoms with Crippen molar-refractivity contribution in [3.05, 3.63) is 45.7 Å². The van der Waals surface area contributed by atoms with Gasteiger partial charge in [-0.15, -0.1) is 0 Å². The molecule has 0 spiro atoms. The Hall–Kier alpha value is -1.85. The third-order valence-electron chi connectivity index (χ3n) is 2.78. The van der Waals surface area contributed by atoms with E-state index in [1.54, 1.807) is 25.1 Å². The maximum atomic E-state index is 12.1. The molecule has 2 aromatic rings. The van der Waals surface area contributed by atoms with Gasteiger partial charge >= 0.3 is 0 Å². The molecule has 1 unspecified atom stereocenters. The fourth-order valence-electron chi connectivity index (χ4n) is 1.81. The first-order chi connectivity index (χ1) is 10.3. The van der Waals surface area contributed by atoms with Crippen molar-refractivity contribution in [3.63, 3.8) is 0 Å². The number of nitrogens with one attached hydrogen (secondary N) is 1. The molecular formula is C15H15Cl2N3O2. The van der Waals surface area contributed by atoms with Crippen LogP contribution in [0.4, 0.5) is 5.95 Å². The smallest absolute Gasteiger partial charge is 0.267 e. The third kappa shape index (κ3) is 4.32. The van der Waals surface area contributed by atoms with Crippen LogP contribution >= 0.6 is 23.2 Å². The van der Waals surface area contributed by atoms with Gasteiger partial charge in [0.15, 0.2) is 6.10 Å². The van der Waals surface area contributed by atoms with Crippen molar-refractivity contribution in [2.75, 3.05) is 5.32 Å². The van der Waals surface area contributed by atoms with E-state index >= 15 is 0 Å². The van der Waals surface area contributed by atoms with Crippen LogP contribution < -0.4 is 10.1 Å². The van der Waals surface area contributed by atoms with Gasteiger partial charge in [-0.2, -0.15) is 0 Å². The van der Waals surface area contributed by atoms with Gasteiger partial charge in [0.1, 0.15) is 5.75 Å². The van der Waals surface area contributed by atoms with Gasteiger partial charge in [-0.05, 0) is 45.0 Å². The number of halogens is 2. The highest BCUT2D eigenvalue weighted by Gasteiger charge is 2.17. The molecule has 1 N–H and O–H groups in total.